The van der Waals surface area contributed by atoms with Crippen molar-refractivity contribution in [2.75, 3.05) is 0 Å². The second kappa shape index (κ2) is 5.20. The molecule has 0 saturated heterocycles. The second-order valence-electron chi connectivity index (χ2n) is 5.78. The molecule has 0 spiro atoms. The van der Waals surface area contributed by atoms with Crippen LogP contribution in [-0.4, -0.2) is 11.9 Å². The van der Waals surface area contributed by atoms with E-state index >= 15 is 0 Å². The summed E-state index contributed by atoms with van der Waals surface area (Å²) in [6, 6.07) is 7.60. The molecule has 1 aromatic carbocycles. The predicted octanol–water partition coefficient (Wildman–Crippen LogP) is 4.16. The molecule has 2 heteroatoms. The van der Waals surface area contributed by atoms with E-state index < -0.39 is 0 Å². The Morgan fingerprint density at radius 3 is 2.47 bits per heavy atom. The van der Waals surface area contributed by atoms with Crippen molar-refractivity contribution in [1.82, 2.24) is 0 Å². The SMILES string of the molecule is CC1CC=C(C(=O)c2ccc(OC3CC3)cc2)CC1. The van der Waals surface area contributed by atoms with Gasteiger partial charge in [-0.25, -0.2) is 0 Å². The Morgan fingerprint density at radius 1 is 1.16 bits per heavy atom. The number of carbonyl (C=O) groups excluding carboxylic acids is 1. The molecule has 1 saturated carbocycles. The van der Waals surface area contributed by atoms with Crippen molar-refractivity contribution in [1.29, 1.82) is 0 Å². The van der Waals surface area contributed by atoms with Crippen LogP contribution in [0.25, 0.3) is 0 Å². The van der Waals surface area contributed by atoms with E-state index in [1.165, 1.54) is 0 Å². The van der Waals surface area contributed by atoms with Crippen molar-refractivity contribution < 1.29 is 9.53 Å². The zero-order valence-corrected chi connectivity index (χ0v) is 11.4. The summed E-state index contributed by atoms with van der Waals surface area (Å²) >= 11 is 0. The number of Topliss-reactive ketones (excluding diaryl/α,β-unsaturated/α-hetero) is 1. The molecule has 2 aliphatic carbocycles. The number of ketones is 1. The fraction of sp³-hybridized carbons (Fsp3) is 0.471. The predicted molar refractivity (Wildman–Crippen MR) is 75.5 cm³/mol. The molecule has 0 N–H and O–H groups in total. The summed E-state index contributed by atoms with van der Waals surface area (Å²) in [7, 11) is 0. The Morgan fingerprint density at radius 2 is 1.89 bits per heavy atom. The lowest BCUT2D eigenvalue weighted by Gasteiger charge is -2.17. The topological polar surface area (TPSA) is 26.3 Å². The van der Waals surface area contributed by atoms with Gasteiger partial charge in [-0.3, -0.25) is 4.79 Å². The number of benzene rings is 1. The standard InChI is InChI=1S/C17H20O2/c1-12-2-4-13(5-3-12)17(18)14-6-8-15(9-7-14)19-16-10-11-16/h4,6-9,12,16H,2-3,5,10-11H2,1H3. The number of hydrogen-bond acceptors (Lipinski definition) is 2. The first-order chi connectivity index (χ1) is 9.22. The molecule has 0 aromatic heterocycles. The number of carbonyl (C=O) groups is 1. The number of ether oxygens (including phenoxy) is 1. The first kappa shape index (κ1) is 12.5. The van der Waals surface area contributed by atoms with Gasteiger partial charge in [0.2, 0.25) is 0 Å². The summed E-state index contributed by atoms with van der Waals surface area (Å²) in [6.07, 6.45) is 7.91. The van der Waals surface area contributed by atoms with Crippen molar-refractivity contribution in [2.24, 2.45) is 5.92 Å². The Hall–Kier alpha value is -1.57. The molecule has 1 fully saturated rings. The van der Waals surface area contributed by atoms with E-state index in [0.717, 1.165) is 49.0 Å². The smallest absolute Gasteiger partial charge is 0.188 e. The van der Waals surface area contributed by atoms with E-state index in [1.54, 1.807) is 0 Å². The van der Waals surface area contributed by atoms with Crippen LogP contribution in [0.3, 0.4) is 0 Å². The molecule has 0 amide bonds. The van der Waals surface area contributed by atoms with Crippen LogP contribution in [-0.2, 0) is 0 Å². The van der Waals surface area contributed by atoms with E-state index in [4.69, 9.17) is 4.74 Å². The highest BCUT2D eigenvalue weighted by molar-refractivity contribution is 6.08. The maximum atomic E-state index is 12.3. The van der Waals surface area contributed by atoms with E-state index in [0.29, 0.717) is 12.0 Å². The van der Waals surface area contributed by atoms with Gasteiger partial charge in [-0.1, -0.05) is 13.0 Å². The Balaban J connectivity index is 1.69. The van der Waals surface area contributed by atoms with Crippen molar-refractivity contribution >= 4 is 5.78 Å². The van der Waals surface area contributed by atoms with Gasteiger partial charge in [0.15, 0.2) is 5.78 Å². The van der Waals surface area contributed by atoms with Crippen LogP contribution in [0.1, 0.15) is 49.4 Å². The minimum absolute atomic E-state index is 0.185. The van der Waals surface area contributed by atoms with Crippen LogP contribution in [0.5, 0.6) is 5.75 Å². The van der Waals surface area contributed by atoms with Crippen LogP contribution >= 0.6 is 0 Å². The summed E-state index contributed by atoms with van der Waals surface area (Å²) in [4.78, 5) is 12.3. The van der Waals surface area contributed by atoms with Gasteiger partial charge in [0.05, 0.1) is 6.10 Å². The van der Waals surface area contributed by atoms with Gasteiger partial charge in [0, 0.05) is 5.56 Å². The zero-order chi connectivity index (χ0) is 13.2. The van der Waals surface area contributed by atoms with Gasteiger partial charge >= 0.3 is 0 Å². The highest BCUT2D eigenvalue weighted by Crippen LogP contribution is 2.28. The molecule has 2 aliphatic rings. The Labute approximate surface area is 114 Å². The Kier molecular flexibility index (Phi) is 3.41. The average molecular weight is 256 g/mol. The molecule has 1 unspecified atom stereocenters. The summed E-state index contributed by atoms with van der Waals surface area (Å²) in [5.74, 6) is 1.78. The average Bonchev–Trinajstić information content (AvgIpc) is 3.24. The molecule has 19 heavy (non-hydrogen) atoms. The van der Waals surface area contributed by atoms with Gasteiger partial charge in [-0.05, 0) is 67.9 Å². The van der Waals surface area contributed by atoms with Crippen LogP contribution in [0.15, 0.2) is 35.9 Å². The molecular weight excluding hydrogens is 236 g/mol. The summed E-state index contributed by atoms with van der Waals surface area (Å²) in [5, 5.41) is 0. The maximum Gasteiger partial charge on any atom is 0.188 e. The highest BCUT2D eigenvalue weighted by atomic mass is 16.5. The third kappa shape index (κ3) is 3.06. The molecule has 2 nitrogen and oxygen atoms in total. The number of allylic oxidation sites excluding steroid dienone is 2. The van der Waals surface area contributed by atoms with Crippen LogP contribution in [0.2, 0.25) is 0 Å². The lowest BCUT2D eigenvalue weighted by Crippen LogP contribution is -2.10. The van der Waals surface area contributed by atoms with Crippen molar-refractivity contribution in [3.63, 3.8) is 0 Å². The van der Waals surface area contributed by atoms with Crippen molar-refractivity contribution in [2.45, 2.75) is 45.1 Å². The van der Waals surface area contributed by atoms with Gasteiger partial charge in [-0.2, -0.15) is 0 Å². The zero-order valence-electron chi connectivity index (χ0n) is 11.4. The molecule has 1 aromatic rings. The Bertz CT molecular complexity index is 494. The molecular formula is C17H20O2. The van der Waals surface area contributed by atoms with Crippen LogP contribution < -0.4 is 4.74 Å². The van der Waals surface area contributed by atoms with Crippen molar-refractivity contribution in [3.05, 3.63) is 41.5 Å². The quantitative estimate of drug-likeness (QED) is 0.756. The second-order valence-corrected chi connectivity index (χ2v) is 5.78. The summed E-state index contributed by atoms with van der Waals surface area (Å²) in [5.41, 5.74) is 1.76. The first-order valence-electron chi connectivity index (χ1n) is 7.23. The fourth-order valence-corrected chi connectivity index (χ4v) is 2.42. The summed E-state index contributed by atoms with van der Waals surface area (Å²) < 4.78 is 5.69. The minimum Gasteiger partial charge on any atom is -0.490 e. The maximum absolute atomic E-state index is 12.3. The minimum atomic E-state index is 0.185. The van der Waals surface area contributed by atoms with E-state index in [-0.39, 0.29) is 5.78 Å². The van der Waals surface area contributed by atoms with Crippen molar-refractivity contribution in [3.8, 4) is 5.75 Å². The normalized spacial score (nSPS) is 22.8. The molecule has 100 valence electrons. The number of hydrogen-bond donors (Lipinski definition) is 0. The third-order valence-electron chi connectivity index (χ3n) is 3.91. The molecule has 0 radical (unpaired) electrons. The highest BCUT2D eigenvalue weighted by Gasteiger charge is 2.23. The fourth-order valence-electron chi connectivity index (χ4n) is 2.42. The van der Waals surface area contributed by atoms with Gasteiger partial charge in [-0.15, -0.1) is 0 Å². The lowest BCUT2D eigenvalue weighted by molar-refractivity contribution is 0.102. The molecule has 3 rings (SSSR count). The molecule has 0 aliphatic heterocycles. The van der Waals surface area contributed by atoms with Crippen LogP contribution in [0, 0.1) is 5.92 Å². The third-order valence-corrected chi connectivity index (χ3v) is 3.91. The van der Waals surface area contributed by atoms with E-state index in [2.05, 4.69) is 13.0 Å². The van der Waals surface area contributed by atoms with Gasteiger partial charge in [0.25, 0.3) is 0 Å². The largest absolute Gasteiger partial charge is 0.490 e. The van der Waals surface area contributed by atoms with E-state index in [1.807, 2.05) is 24.3 Å². The first-order valence-corrected chi connectivity index (χ1v) is 7.23. The van der Waals surface area contributed by atoms with Gasteiger partial charge < -0.3 is 4.74 Å². The molecule has 0 heterocycles. The number of rotatable bonds is 4. The van der Waals surface area contributed by atoms with Gasteiger partial charge in [0.1, 0.15) is 5.75 Å². The van der Waals surface area contributed by atoms with Crippen LogP contribution in [0.4, 0.5) is 0 Å². The summed E-state index contributed by atoms with van der Waals surface area (Å²) in [6.45, 7) is 2.24. The molecule has 0 bridgehead atoms. The monoisotopic (exact) mass is 256 g/mol. The lowest BCUT2D eigenvalue weighted by atomic mass is 9.87. The van der Waals surface area contributed by atoms with E-state index in [9.17, 15) is 4.79 Å². The molecule has 1 atom stereocenters.